The molecule has 0 aliphatic rings. The van der Waals surface area contributed by atoms with Crippen molar-refractivity contribution < 1.29 is 4.74 Å². The van der Waals surface area contributed by atoms with E-state index in [2.05, 4.69) is 37.4 Å². The number of likely N-dealkylation sites (N-methyl/N-ethyl adjacent to an activating group) is 1. The molecule has 1 aromatic carbocycles. The second kappa shape index (κ2) is 10.2. The number of hydrogen-bond acceptors (Lipinski definition) is 2. The van der Waals surface area contributed by atoms with Crippen LogP contribution < -0.4 is 10.1 Å². The van der Waals surface area contributed by atoms with Crippen LogP contribution in [0, 0.1) is 0 Å². The summed E-state index contributed by atoms with van der Waals surface area (Å²) < 4.78 is 5.57. The van der Waals surface area contributed by atoms with Gasteiger partial charge in [0.05, 0.1) is 0 Å². The maximum atomic E-state index is 5.57. The molecule has 0 bridgehead atoms. The third kappa shape index (κ3) is 7.03. The van der Waals surface area contributed by atoms with Crippen molar-refractivity contribution in [3.63, 3.8) is 0 Å². The lowest BCUT2D eigenvalue weighted by Crippen LogP contribution is -2.11. The molecule has 0 radical (unpaired) electrons. The van der Waals surface area contributed by atoms with E-state index in [1.165, 1.54) is 5.56 Å². The summed E-state index contributed by atoms with van der Waals surface area (Å²) in [4.78, 5) is 0. The second-order valence-corrected chi connectivity index (χ2v) is 3.59. The van der Waals surface area contributed by atoms with Gasteiger partial charge in [0, 0.05) is 6.54 Å². The van der Waals surface area contributed by atoms with Crippen molar-refractivity contribution in [3.05, 3.63) is 42.0 Å². The first-order valence-electron chi connectivity index (χ1n) is 5.94. The average molecular weight is 256 g/mol. The number of hydrogen-bond donors (Lipinski definition) is 1. The van der Waals surface area contributed by atoms with E-state index in [4.69, 9.17) is 4.74 Å². The molecule has 0 aliphatic heterocycles. The highest BCUT2D eigenvalue weighted by atomic mass is 35.5. The minimum Gasteiger partial charge on any atom is -0.490 e. The van der Waals surface area contributed by atoms with Crippen LogP contribution in [-0.2, 0) is 6.42 Å². The Morgan fingerprint density at radius 1 is 1.12 bits per heavy atom. The van der Waals surface area contributed by atoms with Crippen molar-refractivity contribution in [2.45, 2.75) is 20.3 Å². The van der Waals surface area contributed by atoms with Crippen molar-refractivity contribution in [1.82, 2.24) is 5.32 Å². The zero-order valence-corrected chi connectivity index (χ0v) is 11.4. The molecule has 96 valence electrons. The highest BCUT2D eigenvalue weighted by Crippen LogP contribution is 2.12. The largest absolute Gasteiger partial charge is 0.490 e. The third-order valence-electron chi connectivity index (χ3n) is 2.36. The fraction of sp³-hybridized carbons (Fsp3) is 0.429. The number of halogens is 1. The Morgan fingerprint density at radius 3 is 2.41 bits per heavy atom. The first-order chi connectivity index (χ1) is 7.86. The zero-order valence-electron chi connectivity index (χ0n) is 10.6. The first-order valence-corrected chi connectivity index (χ1v) is 5.94. The van der Waals surface area contributed by atoms with Crippen LogP contribution in [0.2, 0.25) is 0 Å². The maximum absolute atomic E-state index is 5.57. The lowest BCUT2D eigenvalue weighted by Gasteiger charge is -2.03. The summed E-state index contributed by atoms with van der Waals surface area (Å²) in [6.07, 6.45) is 5.20. The van der Waals surface area contributed by atoms with E-state index >= 15 is 0 Å². The third-order valence-corrected chi connectivity index (χ3v) is 2.36. The van der Waals surface area contributed by atoms with E-state index in [0.717, 1.165) is 25.3 Å². The van der Waals surface area contributed by atoms with Crippen LogP contribution in [0.4, 0.5) is 0 Å². The van der Waals surface area contributed by atoms with Crippen LogP contribution in [0.5, 0.6) is 5.75 Å². The van der Waals surface area contributed by atoms with Gasteiger partial charge in [0.25, 0.3) is 0 Å². The number of nitrogens with one attached hydrogen (secondary N) is 1. The van der Waals surface area contributed by atoms with Crippen LogP contribution in [0.3, 0.4) is 0 Å². The molecule has 0 heterocycles. The van der Waals surface area contributed by atoms with Gasteiger partial charge in [-0.3, -0.25) is 0 Å². The van der Waals surface area contributed by atoms with E-state index in [1.807, 2.05) is 18.2 Å². The predicted molar refractivity (Wildman–Crippen MR) is 76.2 cm³/mol. The number of aryl methyl sites for hydroxylation is 1. The Bertz CT molecular complexity index is 309. The molecule has 0 saturated carbocycles. The lowest BCUT2D eigenvalue weighted by atomic mass is 10.2. The Hall–Kier alpha value is -0.990. The van der Waals surface area contributed by atoms with Gasteiger partial charge in [0.15, 0.2) is 0 Å². The molecule has 0 saturated heterocycles. The molecule has 1 aromatic rings. The van der Waals surface area contributed by atoms with Gasteiger partial charge >= 0.3 is 0 Å². The first kappa shape index (κ1) is 16.0. The van der Waals surface area contributed by atoms with Gasteiger partial charge in [-0.1, -0.05) is 38.1 Å². The number of rotatable bonds is 7. The number of benzene rings is 1. The Labute approximate surface area is 110 Å². The zero-order chi connectivity index (χ0) is 11.6. The van der Waals surface area contributed by atoms with Crippen LogP contribution >= 0.6 is 12.4 Å². The summed E-state index contributed by atoms with van der Waals surface area (Å²) >= 11 is 0. The highest BCUT2D eigenvalue weighted by molar-refractivity contribution is 5.85. The molecule has 0 spiro atoms. The Kier molecular flexibility index (Phi) is 9.59. The second-order valence-electron chi connectivity index (χ2n) is 3.59. The van der Waals surface area contributed by atoms with Gasteiger partial charge in [0.2, 0.25) is 0 Å². The van der Waals surface area contributed by atoms with Gasteiger partial charge in [-0.15, -0.1) is 12.4 Å². The molecule has 0 amide bonds. The normalized spacial score (nSPS) is 10.2. The monoisotopic (exact) mass is 255 g/mol. The Balaban J connectivity index is 0.00000256. The van der Waals surface area contributed by atoms with E-state index in [-0.39, 0.29) is 12.4 Å². The maximum Gasteiger partial charge on any atom is 0.119 e. The van der Waals surface area contributed by atoms with Crippen molar-refractivity contribution in [1.29, 1.82) is 0 Å². The standard InChI is InChI=1S/C14H21NO.ClH/c1-3-13-7-9-14(10-8-13)16-12-6-5-11-15-4-2;/h5-10,15H,3-4,11-12H2,1-2H3;1H. The van der Waals surface area contributed by atoms with E-state index in [1.54, 1.807) is 0 Å². The molecule has 1 rings (SSSR count). The molecular weight excluding hydrogens is 234 g/mol. The molecule has 0 aliphatic carbocycles. The van der Waals surface area contributed by atoms with Crippen LogP contribution in [0.25, 0.3) is 0 Å². The molecular formula is C14H22ClNO. The fourth-order valence-corrected chi connectivity index (χ4v) is 1.34. The molecule has 17 heavy (non-hydrogen) atoms. The van der Waals surface area contributed by atoms with Crippen molar-refractivity contribution in [2.24, 2.45) is 0 Å². The van der Waals surface area contributed by atoms with Gasteiger partial charge in [0.1, 0.15) is 12.4 Å². The van der Waals surface area contributed by atoms with Gasteiger partial charge in [-0.05, 0) is 30.7 Å². The number of ether oxygens (including phenoxy) is 1. The molecule has 0 aromatic heterocycles. The fourth-order valence-electron chi connectivity index (χ4n) is 1.34. The van der Waals surface area contributed by atoms with Crippen LogP contribution in [0.15, 0.2) is 36.4 Å². The van der Waals surface area contributed by atoms with Crippen LogP contribution in [-0.4, -0.2) is 19.7 Å². The summed E-state index contributed by atoms with van der Waals surface area (Å²) in [5.41, 5.74) is 1.34. The quantitative estimate of drug-likeness (QED) is 0.597. The van der Waals surface area contributed by atoms with Gasteiger partial charge in [-0.25, -0.2) is 0 Å². The topological polar surface area (TPSA) is 21.3 Å². The lowest BCUT2D eigenvalue weighted by molar-refractivity contribution is 0.362. The molecule has 3 heteroatoms. The smallest absolute Gasteiger partial charge is 0.119 e. The minimum absolute atomic E-state index is 0. The van der Waals surface area contributed by atoms with E-state index in [9.17, 15) is 0 Å². The van der Waals surface area contributed by atoms with Crippen molar-refractivity contribution in [2.75, 3.05) is 19.7 Å². The van der Waals surface area contributed by atoms with E-state index < -0.39 is 0 Å². The predicted octanol–water partition coefficient (Wildman–Crippen LogP) is 3.22. The van der Waals surface area contributed by atoms with Gasteiger partial charge in [-0.2, -0.15) is 0 Å². The minimum atomic E-state index is 0. The summed E-state index contributed by atoms with van der Waals surface area (Å²) in [5.74, 6) is 0.935. The van der Waals surface area contributed by atoms with Gasteiger partial charge < -0.3 is 10.1 Å². The molecule has 0 fully saturated rings. The SMILES string of the molecule is CCNCC=CCOc1ccc(CC)cc1.Cl. The average Bonchev–Trinajstić information content (AvgIpc) is 2.34. The highest BCUT2D eigenvalue weighted by Gasteiger charge is 1.91. The summed E-state index contributed by atoms with van der Waals surface area (Å²) in [7, 11) is 0. The molecule has 2 nitrogen and oxygen atoms in total. The molecule has 0 unspecified atom stereocenters. The van der Waals surface area contributed by atoms with Crippen molar-refractivity contribution in [3.8, 4) is 5.75 Å². The summed E-state index contributed by atoms with van der Waals surface area (Å²) in [6.45, 7) is 6.80. The molecule has 0 atom stereocenters. The molecule has 1 N–H and O–H groups in total. The van der Waals surface area contributed by atoms with E-state index in [0.29, 0.717) is 6.61 Å². The van der Waals surface area contributed by atoms with Crippen molar-refractivity contribution >= 4 is 12.4 Å². The summed E-state index contributed by atoms with van der Waals surface area (Å²) in [5, 5.41) is 3.22. The summed E-state index contributed by atoms with van der Waals surface area (Å²) in [6, 6.07) is 8.27. The Morgan fingerprint density at radius 2 is 1.82 bits per heavy atom. The van der Waals surface area contributed by atoms with Crippen LogP contribution in [0.1, 0.15) is 19.4 Å².